The quantitative estimate of drug-likeness (QED) is 0.875. The molecular formula is C15H18N4O3S. The van der Waals surface area contributed by atoms with Crippen LogP contribution in [0.4, 0.5) is 5.69 Å². The molecule has 0 spiro atoms. The SMILES string of the molecule is CCc1nn(C)cc1NS(=O)(=O)c1ccc2c(c1)C(=O)NCC2. The van der Waals surface area contributed by atoms with E-state index in [0.717, 1.165) is 5.56 Å². The van der Waals surface area contributed by atoms with Gasteiger partial charge < -0.3 is 5.32 Å². The van der Waals surface area contributed by atoms with Gasteiger partial charge in [-0.3, -0.25) is 14.2 Å². The minimum atomic E-state index is -3.77. The number of amides is 1. The predicted molar refractivity (Wildman–Crippen MR) is 85.9 cm³/mol. The number of hydrogen-bond acceptors (Lipinski definition) is 4. The zero-order valence-corrected chi connectivity index (χ0v) is 13.8. The second-order valence-corrected chi connectivity index (χ2v) is 7.13. The average Bonchev–Trinajstić information content (AvgIpc) is 2.86. The molecule has 1 aromatic carbocycles. The highest BCUT2D eigenvalue weighted by Gasteiger charge is 2.22. The molecule has 0 saturated heterocycles. The van der Waals surface area contributed by atoms with Crippen LogP contribution in [0.25, 0.3) is 0 Å². The molecule has 0 aliphatic carbocycles. The van der Waals surface area contributed by atoms with Gasteiger partial charge in [-0.1, -0.05) is 13.0 Å². The van der Waals surface area contributed by atoms with Crippen LogP contribution < -0.4 is 10.0 Å². The molecule has 2 heterocycles. The second kappa shape index (κ2) is 5.69. The second-order valence-electron chi connectivity index (χ2n) is 5.45. The summed E-state index contributed by atoms with van der Waals surface area (Å²) in [6.45, 7) is 2.48. The van der Waals surface area contributed by atoms with Crippen LogP contribution in [0.2, 0.25) is 0 Å². The molecular weight excluding hydrogens is 316 g/mol. The topological polar surface area (TPSA) is 93.1 Å². The molecule has 8 heteroatoms. The van der Waals surface area contributed by atoms with E-state index in [2.05, 4.69) is 15.1 Å². The van der Waals surface area contributed by atoms with Gasteiger partial charge in [0.1, 0.15) is 0 Å². The first-order chi connectivity index (χ1) is 10.9. The van der Waals surface area contributed by atoms with Crippen molar-refractivity contribution >= 4 is 21.6 Å². The number of aromatic nitrogens is 2. The smallest absolute Gasteiger partial charge is 0.262 e. The highest BCUT2D eigenvalue weighted by molar-refractivity contribution is 7.92. The Balaban J connectivity index is 1.97. The van der Waals surface area contributed by atoms with Gasteiger partial charge in [-0.15, -0.1) is 0 Å². The van der Waals surface area contributed by atoms with Crippen LogP contribution in [0, 0.1) is 0 Å². The Morgan fingerprint density at radius 1 is 1.39 bits per heavy atom. The molecule has 0 radical (unpaired) electrons. The maximum Gasteiger partial charge on any atom is 0.262 e. The van der Waals surface area contributed by atoms with E-state index >= 15 is 0 Å². The molecule has 0 fully saturated rings. The van der Waals surface area contributed by atoms with Crippen molar-refractivity contribution in [2.24, 2.45) is 7.05 Å². The van der Waals surface area contributed by atoms with Gasteiger partial charge in [-0.05, 0) is 30.5 Å². The van der Waals surface area contributed by atoms with Gasteiger partial charge in [0.05, 0.1) is 16.3 Å². The highest BCUT2D eigenvalue weighted by Crippen LogP contribution is 2.23. The molecule has 2 N–H and O–H groups in total. The molecule has 0 unspecified atom stereocenters. The largest absolute Gasteiger partial charge is 0.352 e. The Morgan fingerprint density at radius 2 is 2.17 bits per heavy atom. The Labute approximate surface area is 134 Å². The van der Waals surface area contributed by atoms with Crippen molar-refractivity contribution in [3.8, 4) is 0 Å². The Morgan fingerprint density at radius 3 is 2.91 bits per heavy atom. The van der Waals surface area contributed by atoms with Gasteiger partial charge in [0.25, 0.3) is 15.9 Å². The van der Waals surface area contributed by atoms with E-state index in [1.807, 2.05) is 6.92 Å². The summed E-state index contributed by atoms with van der Waals surface area (Å²) in [5, 5.41) is 6.94. The van der Waals surface area contributed by atoms with E-state index in [4.69, 9.17) is 0 Å². The van der Waals surface area contributed by atoms with Gasteiger partial charge in [0.15, 0.2) is 0 Å². The average molecular weight is 334 g/mol. The zero-order valence-electron chi connectivity index (χ0n) is 13.0. The van der Waals surface area contributed by atoms with Crippen molar-refractivity contribution in [3.05, 3.63) is 41.2 Å². The number of nitrogens with zero attached hydrogens (tertiary/aromatic N) is 2. The number of anilines is 1. The van der Waals surface area contributed by atoms with Crippen molar-refractivity contribution in [3.63, 3.8) is 0 Å². The number of rotatable bonds is 4. The molecule has 2 aromatic rings. The number of fused-ring (bicyclic) bond motifs is 1. The van der Waals surface area contributed by atoms with Gasteiger partial charge in [0, 0.05) is 25.4 Å². The summed E-state index contributed by atoms with van der Waals surface area (Å²) in [5.41, 5.74) is 2.41. The van der Waals surface area contributed by atoms with Crippen LogP contribution in [-0.2, 0) is 29.9 Å². The zero-order chi connectivity index (χ0) is 16.6. The van der Waals surface area contributed by atoms with Crippen LogP contribution in [0.5, 0.6) is 0 Å². The molecule has 7 nitrogen and oxygen atoms in total. The molecule has 0 bridgehead atoms. The summed E-state index contributed by atoms with van der Waals surface area (Å²) in [5.74, 6) is -0.237. The van der Waals surface area contributed by atoms with E-state index < -0.39 is 10.0 Å². The van der Waals surface area contributed by atoms with Gasteiger partial charge in [-0.25, -0.2) is 8.42 Å². The number of sulfonamides is 1. The third-order valence-electron chi connectivity index (χ3n) is 3.80. The fourth-order valence-corrected chi connectivity index (χ4v) is 3.74. The number of nitrogens with one attached hydrogen (secondary N) is 2. The lowest BCUT2D eigenvalue weighted by atomic mass is 10.0. The van der Waals surface area contributed by atoms with Crippen LogP contribution in [0.3, 0.4) is 0 Å². The normalized spacial score (nSPS) is 14.3. The Kier molecular flexibility index (Phi) is 3.85. The fraction of sp³-hybridized carbons (Fsp3) is 0.333. The lowest BCUT2D eigenvalue weighted by Crippen LogP contribution is -2.32. The fourth-order valence-electron chi connectivity index (χ4n) is 2.64. The molecule has 122 valence electrons. The van der Waals surface area contributed by atoms with Crippen molar-refractivity contribution in [2.45, 2.75) is 24.7 Å². The summed E-state index contributed by atoms with van der Waals surface area (Å²) in [6, 6.07) is 4.66. The molecule has 0 saturated carbocycles. The first-order valence-corrected chi connectivity index (χ1v) is 8.85. The number of aryl methyl sites for hydroxylation is 2. The van der Waals surface area contributed by atoms with Crippen LogP contribution >= 0.6 is 0 Å². The number of carbonyl (C=O) groups excluding carboxylic acids is 1. The minimum absolute atomic E-state index is 0.0687. The first-order valence-electron chi connectivity index (χ1n) is 7.37. The molecule has 1 aromatic heterocycles. The highest BCUT2D eigenvalue weighted by atomic mass is 32.2. The summed E-state index contributed by atoms with van der Waals surface area (Å²) >= 11 is 0. The lowest BCUT2D eigenvalue weighted by molar-refractivity contribution is 0.0945. The number of carbonyl (C=O) groups is 1. The van der Waals surface area contributed by atoms with E-state index in [1.54, 1.807) is 24.0 Å². The Bertz CT molecular complexity index is 871. The molecule has 0 atom stereocenters. The standard InChI is InChI=1S/C15H18N4O3S/c1-3-13-14(9-19(2)17-13)18-23(21,22)11-5-4-10-6-7-16-15(20)12(10)8-11/h4-5,8-9,18H,3,6-7H2,1-2H3,(H,16,20). The summed E-state index contributed by atoms with van der Waals surface area (Å²) in [7, 11) is -2.04. The lowest BCUT2D eigenvalue weighted by Gasteiger charge is -2.17. The van der Waals surface area contributed by atoms with E-state index in [-0.39, 0.29) is 10.8 Å². The van der Waals surface area contributed by atoms with Crippen LogP contribution in [-0.4, -0.2) is 30.7 Å². The molecule has 23 heavy (non-hydrogen) atoms. The molecule has 1 aliphatic heterocycles. The third kappa shape index (κ3) is 2.94. The van der Waals surface area contributed by atoms with Crippen molar-refractivity contribution in [1.29, 1.82) is 0 Å². The maximum atomic E-state index is 12.6. The summed E-state index contributed by atoms with van der Waals surface area (Å²) < 4.78 is 29.3. The van der Waals surface area contributed by atoms with Gasteiger partial charge in [-0.2, -0.15) is 5.10 Å². The van der Waals surface area contributed by atoms with Crippen molar-refractivity contribution < 1.29 is 13.2 Å². The van der Waals surface area contributed by atoms with E-state index in [9.17, 15) is 13.2 Å². The monoisotopic (exact) mass is 334 g/mol. The number of hydrogen-bond donors (Lipinski definition) is 2. The molecule has 3 rings (SSSR count). The predicted octanol–water partition coefficient (Wildman–Crippen LogP) is 1.07. The van der Waals surface area contributed by atoms with E-state index in [0.29, 0.717) is 36.3 Å². The molecule has 1 aliphatic rings. The Hall–Kier alpha value is -2.35. The van der Waals surface area contributed by atoms with Crippen molar-refractivity contribution in [1.82, 2.24) is 15.1 Å². The first kappa shape index (κ1) is 15.5. The van der Waals surface area contributed by atoms with Crippen LogP contribution in [0.1, 0.15) is 28.5 Å². The third-order valence-corrected chi connectivity index (χ3v) is 5.16. The van der Waals surface area contributed by atoms with Crippen molar-refractivity contribution in [2.75, 3.05) is 11.3 Å². The van der Waals surface area contributed by atoms with E-state index in [1.165, 1.54) is 12.1 Å². The number of benzene rings is 1. The van der Waals surface area contributed by atoms with Crippen LogP contribution in [0.15, 0.2) is 29.3 Å². The summed E-state index contributed by atoms with van der Waals surface area (Å²) in [6.07, 6.45) is 2.95. The van der Waals surface area contributed by atoms with Gasteiger partial charge in [0.2, 0.25) is 0 Å². The maximum absolute atomic E-state index is 12.6. The summed E-state index contributed by atoms with van der Waals surface area (Å²) in [4.78, 5) is 12.0. The minimum Gasteiger partial charge on any atom is -0.352 e. The molecule has 1 amide bonds. The van der Waals surface area contributed by atoms with Gasteiger partial charge >= 0.3 is 0 Å².